The lowest BCUT2D eigenvalue weighted by molar-refractivity contribution is 0.229. The van der Waals surface area contributed by atoms with E-state index in [1.807, 2.05) is 12.1 Å². The summed E-state index contributed by atoms with van der Waals surface area (Å²) in [5.41, 5.74) is 3.23. The van der Waals surface area contributed by atoms with Crippen molar-refractivity contribution in [1.29, 1.82) is 5.26 Å². The van der Waals surface area contributed by atoms with Gasteiger partial charge in [0.15, 0.2) is 0 Å². The first-order valence-corrected chi connectivity index (χ1v) is 7.22. The highest BCUT2D eigenvalue weighted by Gasteiger charge is 2.08. The Hall–Kier alpha value is -1.37. The van der Waals surface area contributed by atoms with Crippen LogP contribution in [0, 0.1) is 18.3 Å². The molecule has 0 unspecified atom stereocenters. The van der Waals surface area contributed by atoms with Crippen LogP contribution in [-0.2, 0) is 6.54 Å². The number of benzene rings is 1. The third-order valence-electron chi connectivity index (χ3n) is 3.84. The van der Waals surface area contributed by atoms with E-state index in [0.29, 0.717) is 0 Å². The maximum Gasteiger partial charge on any atom is 0.0991 e. The fraction of sp³-hybridized carbons (Fsp3) is 0.562. The normalized spacial score (nSPS) is 16.2. The van der Waals surface area contributed by atoms with Crippen LogP contribution in [0.15, 0.2) is 18.2 Å². The molecule has 3 nitrogen and oxygen atoms in total. The molecule has 1 aliphatic heterocycles. The van der Waals surface area contributed by atoms with E-state index >= 15 is 0 Å². The molecule has 1 aromatic rings. The number of piperidine rings is 1. The van der Waals surface area contributed by atoms with Crippen molar-refractivity contribution in [2.24, 2.45) is 0 Å². The van der Waals surface area contributed by atoms with E-state index in [9.17, 15) is 0 Å². The molecule has 1 N–H and O–H groups in total. The summed E-state index contributed by atoms with van der Waals surface area (Å²) in [4.78, 5) is 2.54. The van der Waals surface area contributed by atoms with Gasteiger partial charge in [-0.2, -0.15) is 5.26 Å². The number of likely N-dealkylation sites (tertiary alicyclic amines) is 1. The summed E-state index contributed by atoms with van der Waals surface area (Å²) in [6, 6.07) is 8.09. The summed E-state index contributed by atoms with van der Waals surface area (Å²) in [7, 11) is 0. The molecule has 0 radical (unpaired) electrons. The van der Waals surface area contributed by atoms with Crippen molar-refractivity contribution in [3.8, 4) is 6.07 Å². The Morgan fingerprint density at radius 2 is 2.05 bits per heavy atom. The van der Waals surface area contributed by atoms with Gasteiger partial charge in [-0.25, -0.2) is 0 Å². The van der Waals surface area contributed by atoms with Crippen LogP contribution in [0.3, 0.4) is 0 Å². The topological polar surface area (TPSA) is 39.1 Å². The lowest BCUT2D eigenvalue weighted by atomic mass is 10.1. The van der Waals surface area contributed by atoms with Gasteiger partial charge in [-0.3, -0.25) is 0 Å². The van der Waals surface area contributed by atoms with Crippen LogP contribution < -0.4 is 5.32 Å². The molecule has 0 aliphatic carbocycles. The Labute approximate surface area is 116 Å². The second-order valence-corrected chi connectivity index (χ2v) is 5.33. The zero-order valence-corrected chi connectivity index (χ0v) is 11.8. The second kappa shape index (κ2) is 7.28. The minimum atomic E-state index is 0.745. The molecule has 0 bridgehead atoms. The van der Waals surface area contributed by atoms with Crippen LogP contribution in [0.1, 0.15) is 36.0 Å². The largest absolute Gasteiger partial charge is 0.311 e. The third kappa shape index (κ3) is 4.34. The van der Waals surface area contributed by atoms with Gasteiger partial charge >= 0.3 is 0 Å². The fourth-order valence-electron chi connectivity index (χ4n) is 2.61. The van der Waals surface area contributed by atoms with Crippen molar-refractivity contribution >= 4 is 0 Å². The molecule has 1 heterocycles. The van der Waals surface area contributed by atoms with Crippen LogP contribution in [0.2, 0.25) is 0 Å². The molecule has 0 saturated carbocycles. The smallest absolute Gasteiger partial charge is 0.0991 e. The van der Waals surface area contributed by atoms with Gasteiger partial charge in [-0.15, -0.1) is 0 Å². The third-order valence-corrected chi connectivity index (χ3v) is 3.84. The lowest BCUT2D eigenvalue weighted by Crippen LogP contribution is -2.35. The van der Waals surface area contributed by atoms with E-state index < -0.39 is 0 Å². The molecule has 0 atom stereocenters. The van der Waals surface area contributed by atoms with Gasteiger partial charge in [0.1, 0.15) is 0 Å². The molecule has 1 aromatic carbocycles. The number of hydrogen-bond donors (Lipinski definition) is 1. The summed E-state index contributed by atoms with van der Waals surface area (Å²) < 4.78 is 0. The van der Waals surface area contributed by atoms with E-state index in [1.165, 1.54) is 43.5 Å². The standard InChI is InChI=1S/C16H23N3/c1-14-11-15(12-17)5-6-16(14)13-18-7-10-19-8-3-2-4-9-19/h5-6,11,18H,2-4,7-10,13H2,1H3. The predicted molar refractivity (Wildman–Crippen MR) is 77.9 cm³/mol. The fourth-order valence-corrected chi connectivity index (χ4v) is 2.61. The zero-order valence-electron chi connectivity index (χ0n) is 11.8. The highest BCUT2D eigenvalue weighted by Crippen LogP contribution is 2.10. The van der Waals surface area contributed by atoms with Crippen LogP contribution >= 0.6 is 0 Å². The van der Waals surface area contributed by atoms with Gasteiger partial charge in [0, 0.05) is 19.6 Å². The van der Waals surface area contributed by atoms with Crippen molar-refractivity contribution in [3.05, 3.63) is 34.9 Å². The van der Waals surface area contributed by atoms with Crippen molar-refractivity contribution in [1.82, 2.24) is 10.2 Å². The molecule has 0 aromatic heterocycles. The van der Waals surface area contributed by atoms with Gasteiger partial charge in [-0.05, 0) is 56.1 Å². The summed E-state index contributed by atoms with van der Waals surface area (Å²) >= 11 is 0. The van der Waals surface area contributed by atoms with Gasteiger partial charge in [-0.1, -0.05) is 12.5 Å². The predicted octanol–water partition coefficient (Wildman–Crippen LogP) is 2.44. The Balaban J connectivity index is 1.72. The monoisotopic (exact) mass is 257 g/mol. The Morgan fingerprint density at radius 1 is 1.26 bits per heavy atom. The van der Waals surface area contributed by atoms with Crippen LogP contribution in [-0.4, -0.2) is 31.1 Å². The van der Waals surface area contributed by atoms with E-state index in [-0.39, 0.29) is 0 Å². The Morgan fingerprint density at radius 3 is 2.74 bits per heavy atom. The van der Waals surface area contributed by atoms with Crippen molar-refractivity contribution in [3.63, 3.8) is 0 Å². The molecule has 1 fully saturated rings. The van der Waals surface area contributed by atoms with Crippen LogP contribution in [0.4, 0.5) is 0 Å². The van der Waals surface area contributed by atoms with Crippen molar-refractivity contribution < 1.29 is 0 Å². The quantitative estimate of drug-likeness (QED) is 0.824. The second-order valence-electron chi connectivity index (χ2n) is 5.33. The number of rotatable bonds is 5. The van der Waals surface area contributed by atoms with E-state index in [2.05, 4.69) is 29.3 Å². The first-order valence-electron chi connectivity index (χ1n) is 7.22. The van der Waals surface area contributed by atoms with Gasteiger partial charge in [0.2, 0.25) is 0 Å². The van der Waals surface area contributed by atoms with Gasteiger partial charge < -0.3 is 10.2 Å². The number of nitriles is 1. The van der Waals surface area contributed by atoms with E-state index in [0.717, 1.165) is 25.2 Å². The molecule has 102 valence electrons. The van der Waals surface area contributed by atoms with Crippen molar-refractivity contribution in [2.45, 2.75) is 32.7 Å². The van der Waals surface area contributed by atoms with Gasteiger partial charge in [0.25, 0.3) is 0 Å². The number of nitrogens with one attached hydrogen (secondary N) is 1. The number of aryl methyl sites for hydroxylation is 1. The number of hydrogen-bond acceptors (Lipinski definition) is 3. The molecule has 0 spiro atoms. The molecule has 1 aliphatic rings. The van der Waals surface area contributed by atoms with E-state index in [1.54, 1.807) is 0 Å². The molecule has 3 heteroatoms. The highest BCUT2D eigenvalue weighted by molar-refractivity contribution is 5.37. The average Bonchev–Trinajstić information content (AvgIpc) is 2.46. The molecular formula is C16H23N3. The summed E-state index contributed by atoms with van der Waals surface area (Å²) in [6.45, 7) is 7.68. The first-order chi connectivity index (χ1) is 9.29. The van der Waals surface area contributed by atoms with Crippen molar-refractivity contribution in [2.75, 3.05) is 26.2 Å². The Bertz CT molecular complexity index is 442. The van der Waals surface area contributed by atoms with E-state index in [4.69, 9.17) is 5.26 Å². The SMILES string of the molecule is Cc1cc(C#N)ccc1CNCCN1CCCCC1. The molecule has 19 heavy (non-hydrogen) atoms. The molecular weight excluding hydrogens is 234 g/mol. The molecule has 2 rings (SSSR count). The maximum atomic E-state index is 8.84. The summed E-state index contributed by atoms with van der Waals surface area (Å²) in [5.74, 6) is 0. The lowest BCUT2D eigenvalue weighted by Gasteiger charge is -2.26. The van der Waals surface area contributed by atoms with Gasteiger partial charge in [0.05, 0.1) is 11.6 Å². The summed E-state index contributed by atoms with van der Waals surface area (Å²) in [5, 5.41) is 12.3. The average molecular weight is 257 g/mol. The molecule has 0 amide bonds. The molecule has 1 saturated heterocycles. The maximum absolute atomic E-state index is 8.84. The Kier molecular flexibility index (Phi) is 5.38. The van der Waals surface area contributed by atoms with Crippen LogP contribution in [0.5, 0.6) is 0 Å². The van der Waals surface area contributed by atoms with Crippen LogP contribution in [0.25, 0.3) is 0 Å². The first kappa shape index (κ1) is 14.0. The zero-order chi connectivity index (χ0) is 13.5. The minimum Gasteiger partial charge on any atom is -0.311 e. The minimum absolute atomic E-state index is 0.745. The summed E-state index contributed by atoms with van der Waals surface area (Å²) in [6.07, 6.45) is 4.11. The highest BCUT2D eigenvalue weighted by atomic mass is 15.1. The number of nitrogens with zero attached hydrogens (tertiary/aromatic N) is 2.